The first-order chi connectivity index (χ1) is 14.3. The average molecular weight is 437 g/mol. The van der Waals surface area contributed by atoms with Crippen molar-refractivity contribution in [3.8, 4) is 11.5 Å². The Morgan fingerprint density at radius 2 is 2.10 bits per heavy atom. The van der Waals surface area contributed by atoms with Gasteiger partial charge in [-0.15, -0.1) is 0 Å². The zero-order chi connectivity index (χ0) is 21.3. The number of halogens is 1. The molecule has 3 aliphatic heterocycles. The monoisotopic (exact) mass is 436 g/mol. The van der Waals surface area contributed by atoms with E-state index in [4.69, 9.17) is 25.8 Å². The smallest absolute Gasteiger partial charge is 0.410 e. The van der Waals surface area contributed by atoms with Crippen LogP contribution in [0.3, 0.4) is 0 Å². The number of piperazine rings is 1. The summed E-state index contributed by atoms with van der Waals surface area (Å²) in [7, 11) is 0. The van der Waals surface area contributed by atoms with Gasteiger partial charge in [0.15, 0.2) is 17.5 Å². The van der Waals surface area contributed by atoms with Crippen molar-refractivity contribution >= 4 is 23.7 Å². The fourth-order valence-corrected chi connectivity index (χ4v) is 4.14. The maximum atomic E-state index is 12.3. The first-order valence-corrected chi connectivity index (χ1v) is 10.8. The Bertz CT molecular complexity index is 839. The maximum absolute atomic E-state index is 12.3. The van der Waals surface area contributed by atoms with E-state index in [9.17, 15) is 4.79 Å². The van der Waals surface area contributed by atoms with Gasteiger partial charge in [0.25, 0.3) is 0 Å². The van der Waals surface area contributed by atoms with Gasteiger partial charge in [-0.05, 0) is 44.9 Å². The Morgan fingerprint density at radius 1 is 1.30 bits per heavy atom. The molecule has 3 aliphatic rings. The summed E-state index contributed by atoms with van der Waals surface area (Å²) in [6.45, 7) is 10.1. The highest BCUT2D eigenvalue weighted by molar-refractivity contribution is 6.32. The topological polar surface area (TPSA) is 75.6 Å². The highest BCUT2D eigenvalue weighted by Gasteiger charge is 2.36. The van der Waals surface area contributed by atoms with E-state index in [2.05, 4.69) is 15.2 Å². The molecule has 1 aromatic rings. The first-order valence-electron chi connectivity index (χ1n) is 10.4. The molecule has 1 N–H and O–H groups in total. The number of ether oxygens (including phenoxy) is 3. The van der Waals surface area contributed by atoms with Crippen molar-refractivity contribution in [1.29, 1.82) is 0 Å². The molecule has 0 aliphatic carbocycles. The van der Waals surface area contributed by atoms with Crippen LogP contribution >= 0.6 is 11.6 Å². The fourth-order valence-electron chi connectivity index (χ4n) is 3.85. The molecule has 1 fully saturated rings. The molecule has 8 nitrogen and oxygen atoms in total. The molecular weight excluding hydrogens is 408 g/mol. The number of guanidine groups is 1. The van der Waals surface area contributed by atoms with Gasteiger partial charge in [0.2, 0.25) is 0 Å². The molecule has 30 heavy (non-hydrogen) atoms. The molecule has 0 spiro atoms. The second-order valence-corrected chi connectivity index (χ2v) is 9.12. The zero-order valence-corrected chi connectivity index (χ0v) is 18.5. The molecule has 1 atom stereocenters. The lowest BCUT2D eigenvalue weighted by atomic mass is 10.1. The minimum absolute atomic E-state index is 0.192. The molecule has 0 aromatic heterocycles. The first kappa shape index (κ1) is 20.9. The van der Waals surface area contributed by atoms with E-state index >= 15 is 0 Å². The van der Waals surface area contributed by atoms with Crippen LogP contribution in [0, 0.1) is 0 Å². The highest BCUT2D eigenvalue weighted by atomic mass is 35.5. The van der Waals surface area contributed by atoms with Gasteiger partial charge in [0, 0.05) is 26.2 Å². The largest absolute Gasteiger partial charge is 0.486 e. The van der Waals surface area contributed by atoms with E-state index in [1.54, 1.807) is 4.90 Å². The van der Waals surface area contributed by atoms with Crippen LogP contribution in [-0.4, -0.2) is 79.4 Å². The average Bonchev–Trinajstić information content (AvgIpc) is 3.09. The van der Waals surface area contributed by atoms with Crippen LogP contribution in [0.15, 0.2) is 17.1 Å². The number of hydrogen-bond acceptors (Lipinski definition) is 7. The Hall–Kier alpha value is -2.35. The minimum Gasteiger partial charge on any atom is -0.486 e. The molecule has 0 saturated carbocycles. The number of benzene rings is 1. The van der Waals surface area contributed by atoms with Crippen molar-refractivity contribution in [1.82, 2.24) is 15.1 Å². The molecule has 1 amide bonds. The molecule has 0 radical (unpaired) electrons. The Morgan fingerprint density at radius 3 is 2.90 bits per heavy atom. The molecule has 9 heteroatoms. The SMILES string of the molecule is CC(C)(C)OC(=O)N1CCN2C(NCCc3cc(Cl)c4c(c3)OCCO4)=NCC2C1. The molecule has 1 saturated heterocycles. The Balaban J connectivity index is 1.28. The summed E-state index contributed by atoms with van der Waals surface area (Å²) in [5.74, 6) is 2.23. The quantitative estimate of drug-likeness (QED) is 0.784. The number of carbonyl (C=O) groups is 1. The predicted molar refractivity (Wildman–Crippen MR) is 115 cm³/mol. The second kappa shape index (κ2) is 8.41. The molecule has 3 heterocycles. The van der Waals surface area contributed by atoms with E-state index in [1.165, 1.54) is 0 Å². The Kier molecular flexibility index (Phi) is 5.86. The fraction of sp³-hybridized carbons (Fsp3) is 0.619. The molecule has 4 rings (SSSR count). The summed E-state index contributed by atoms with van der Waals surface area (Å²) in [6, 6.07) is 4.11. The Labute approximate surface area is 182 Å². The number of carbonyl (C=O) groups excluding carboxylic acids is 1. The van der Waals surface area contributed by atoms with Gasteiger partial charge in [0.1, 0.15) is 18.8 Å². The standard InChI is InChI=1S/C21H29ClN4O4/c1-21(2,3)30-20(27)25-6-7-26-15(13-25)12-24-19(26)23-5-4-14-10-16(22)18-17(11-14)28-8-9-29-18/h10-11,15H,4-9,12-13H2,1-3H3,(H,23,24). The summed E-state index contributed by atoms with van der Waals surface area (Å²) in [5.41, 5.74) is 0.603. The molecule has 1 unspecified atom stereocenters. The normalized spacial score (nSPS) is 20.5. The summed E-state index contributed by atoms with van der Waals surface area (Å²) >= 11 is 6.32. The van der Waals surface area contributed by atoms with Crippen LogP contribution in [0.25, 0.3) is 0 Å². The van der Waals surface area contributed by atoms with Crippen LogP contribution in [0.2, 0.25) is 5.02 Å². The molecule has 164 valence electrons. The molecular formula is C21H29ClN4O4. The van der Waals surface area contributed by atoms with Crippen molar-refractivity contribution in [3.63, 3.8) is 0 Å². The van der Waals surface area contributed by atoms with Crippen LogP contribution in [0.1, 0.15) is 26.3 Å². The van der Waals surface area contributed by atoms with Crippen LogP contribution in [-0.2, 0) is 11.2 Å². The van der Waals surface area contributed by atoms with E-state index in [0.717, 1.165) is 31.0 Å². The van der Waals surface area contributed by atoms with Crippen molar-refractivity contribution in [2.45, 2.75) is 38.8 Å². The van der Waals surface area contributed by atoms with Crippen molar-refractivity contribution in [2.24, 2.45) is 4.99 Å². The molecule has 0 bridgehead atoms. The third-order valence-electron chi connectivity index (χ3n) is 5.21. The van der Waals surface area contributed by atoms with Crippen LogP contribution in [0.5, 0.6) is 11.5 Å². The van der Waals surface area contributed by atoms with Gasteiger partial charge < -0.3 is 29.3 Å². The van der Waals surface area contributed by atoms with Gasteiger partial charge in [-0.25, -0.2) is 4.79 Å². The van der Waals surface area contributed by atoms with Gasteiger partial charge in [-0.2, -0.15) is 0 Å². The van der Waals surface area contributed by atoms with Gasteiger partial charge in [0.05, 0.1) is 17.6 Å². The lowest BCUT2D eigenvalue weighted by Gasteiger charge is -2.39. The number of nitrogens with one attached hydrogen (secondary N) is 1. The summed E-state index contributed by atoms with van der Waals surface area (Å²) in [6.07, 6.45) is 0.539. The van der Waals surface area contributed by atoms with Crippen LogP contribution in [0.4, 0.5) is 4.79 Å². The summed E-state index contributed by atoms with van der Waals surface area (Å²) in [5, 5.41) is 4.02. The maximum Gasteiger partial charge on any atom is 0.410 e. The number of aliphatic imine (C=N–C) groups is 1. The van der Waals surface area contributed by atoms with E-state index in [1.807, 2.05) is 32.9 Å². The number of fused-ring (bicyclic) bond motifs is 2. The predicted octanol–water partition coefficient (Wildman–Crippen LogP) is 2.53. The highest BCUT2D eigenvalue weighted by Crippen LogP contribution is 2.38. The lowest BCUT2D eigenvalue weighted by molar-refractivity contribution is 0.0137. The molecule has 1 aromatic carbocycles. The van der Waals surface area contributed by atoms with Crippen molar-refractivity contribution in [3.05, 3.63) is 22.7 Å². The minimum atomic E-state index is -0.482. The van der Waals surface area contributed by atoms with Crippen molar-refractivity contribution in [2.75, 3.05) is 45.9 Å². The van der Waals surface area contributed by atoms with E-state index in [-0.39, 0.29) is 12.1 Å². The summed E-state index contributed by atoms with van der Waals surface area (Å²) in [4.78, 5) is 21.0. The zero-order valence-electron chi connectivity index (χ0n) is 17.7. The van der Waals surface area contributed by atoms with Gasteiger partial charge in [-0.3, -0.25) is 4.99 Å². The van der Waals surface area contributed by atoms with Gasteiger partial charge >= 0.3 is 6.09 Å². The number of hydrogen-bond donors (Lipinski definition) is 1. The van der Waals surface area contributed by atoms with E-state index in [0.29, 0.717) is 49.4 Å². The third-order valence-corrected chi connectivity index (χ3v) is 5.49. The van der Waals surface area contributed by atoms with Crippen molar-refractivity contribution < 1.29 is 19.0 Å². The lowest BCUT2D eigenvalue weighted by Crippen LogP contribution is -2.57. The van der Waals surface area contributed by atoms with E-state index < -0.39 is 5.60 Å². The number of rotatable bonds is 3. The van der Waals surface area contributed by atoms with Crippen LogP contribution < -0.4 is 14.8 Å². The number of amides is 1. The number of nitrogens with zero attached hydrogens (tertiary/aromatic N) is 3. The second-order valence-electron chi connectivity index (χ2n) is 8.72. The summed E-state index contributed by atoms with van der Waals surface area (Å²) < 4.78 is 16.7. The third kappa shape index (κ3) is 4.69. The van der Waals surface area contributed by atoms with Gasteiger partial charge in [-0.1, -0.05) is 11.6 Å².